The zero-order valence-electron chi connectivity index (χ0n) is 13.6. The van der Waals surface area contributed by atoms with Crippen LogP contribution in [-0.2, 0) is 6.54 Å². The van der Waals surface area contributed by atoms with Gasteiger partial charge in [0.15, 0.2) is 11.5 Å². The first-order valence-corrected chi connectivity index (χ1v) is 8.48. The summed E-state index contributed by atoms with van der Waals surface area (Å²) < 4.78 is 0. The molecule has 0 unspecified atom stereocenters. The summed E-state index contributed by atoms with van der Waals surface area (Å²) in [4.78, 5) is 22.6. The standard InChI is InChI=1S/C17H21N7/c1-2-4-8-24(7-3-1)14-6-5-13(9-18-14)10-19-16-15-17(21-11-20-15)23-12-22-16/h5-6,9,11-12H,1-4,7-8,10H2,(H2,19,20,21,22,23). The molecule has 1 fully saturated rings. The van der Waals surface area contributed by atoms with Gasteiger partial charge in [-0.25, -0.2) is 19.9 Å². The highest BCUT2D eigenvalue weighted by molar-refractivity contribution is 5.81. The van der Waals surface area contributed by atoms with Gasteiger partial charge in [0.05, 0.1) is 6.33 Å². The van der Waals surface area contributed by atoms with Gasteiger partial charge < -0.3 is 15.2 Å². The lowest BCUT2D eigenvalue weighted by molar-refractivity contribution is 0.726. The Hall–Kier alpha value is -2.70. The van der Waals surface area contributed by atoms with Gasteiger partial charge in [0.25, 0.3) is 0 Å². The number of pyridine rings is 1. The highest BCUT2D eigenvalue weighted by Crippen LogP contribution is 2.19. The number of hydrogen-bond donors (Lipinski definition) is 2. The minimum absolute atomic E-state index is 0.665. The largest absolute Gasteiger partial charge is 0.364 e. The van der Waals surface area contributed by atoms with Gasteiger partial charge in [0, 0.05) is 25.8 Å². The van der Waals surface area contributed by atoms with Crippen LogP contribution in [0, 0.1) is 0 Å². The molecular formula is C17H21N7. The number of H-pyrrole nitrogens is 1. The van der Waals surface area contributed by atoms with E-state index in [9.17, 15) is 0 Å². The molecule has 2 N–H and O–H groups in total. The summed E-state index contributed by atoms with van der Waals surface area (Å²) in [6, 6.07) is 4.25. The second-order valence-corrected chi connectivity index (χ2v) is 6.10. The van der Waals surface area contributed by atoms with Crippen molar-refractivity contribution < 1.29 is 0 Å². The SMILES string of the molecule is c1nc(NCc2ccc(N3CCCCCC3)nc2)c2[nH]cnc2n1. The van der Waals surface area contributed by atoms with Gasteiger partial charge in [-0.2, -0.15) is 0 Å². The van der Waals surface area contributed by atoms with Gasteiger partial charge in [0.2, 0.25) is 0 Å². The van der Waals surface area contributed by atoms with Gasteiger partial charge in [-0.05, 0) is 24.5 Å². The van der Waals surface area contributed by atoms with Gasteiger partial charge in [0.1, 0.15) is 17.7 Å². The molecule has 124 valence electrons. The van der Waals surface area contributed by atoms with Gasteiger partial charge in [-0.1, -0.05) is 18.9 Å². The Labute approximate surface area is 140 Å². The molecule has 1 aliphatic heterocycles. The van der Waals surface area contributed by atoms with Crippen molar-refractivity contribution in [2.45, 2.75) is 32.2 Å². The quantitative estimate of drug-likeness (QED) is 0.768. The van der Waals surface area contributed by atoms with Gasteiger partial charge in [-0.15, -0.1) is 0 Å². The third-order valence-corrected chi connectivity index (χ3v) is 4.42. The van der Waals surface area contributed by atoms with Gasteiger partial charge in [-0.3, -0.25) is 0 Å². The molecule has 0 atom stereocenters. The minimum atomic E-state index is 0.665. The van der Waals surface area contributed by atoms with E-state index in [1.54, 1.807) is 6.33 Å². The Kier molecular flexibility index (Phi) is 4.22. The van der Waals surface area contributed by atoms with E-state index in [1.165, 1.54) is 32.0 Å². The molecular weight excluding hydrogens is 302 g/mol. The van der Waals surface area contributed by atoms with E-state index in [2.05, 4.69) is 47.3 Å². The fourth-order valence-electron chi connectivity index (χ4n) is 3.09. The predicted octanol–water partition coefficient (Wildman–Crippen LogP) is 2.74. The molecule has 4 rings (SSSR count). The lowest BCUT2D eigenvalue weighted by Crippen LogP contribution is -2.24. The van der Waals surface area contributed by atoms with Crippen LogP contribution in [0.1, 0.15) is 31.2 Å². The van der Waals surface area contributed by atoms with Crippen molar-refractivity contribution in [3.05, 3.63) is 36.5 Å². The number of nitrogens with one attached hydrogen (secondary N) is 2. The topological polar surface area (TPSA) is 82.6 Å². The highest BCUT2D eigenvalue weighted by atomic mass is 15.2. The third-order valence-electron chi connectivity index (χ3n) is 4.42. The van der Waals surface area contributed by atoms with E-state index >= 15 is 0 Å². The molecule has 0 bridgehead atoms. The van der Waals surface area contributed by atoms with E-state index in [4.69, 9.17) is 0 Å². The average molecular weight is 323 g/mol. The Balaban J connectivity index is 1.43. The number of nitrogens with zero attached hydrogens (tertiary/aromatic N) is 5. The van der Waals surface area contributed by atoms with Crippen molar-refractivity contribution >= 4 is 22.8 Å². The summed E-state index contributed by atoms with van der Waals surface area (Å²) in [5, 5.41) is 3.32. The first kappa shape index (κ1) is 14.9. The zero-order valence-corrected chi connectivity index (χ0v) is 13.6. The number of aromatic amines is 1. The first-order valence-electron chi connectivity index (χ1n) is 8.48. The van der Waals surface area contributed by atoms with E-state index in [0.29, 0.717) is 12.2 Å². The van der Waals surface area contributed by atoms with E-state index in [-0.39, 0.29) is 0 Å². The van der Waals surface area contributed by atoms with Crippen LogP contribution in [0.4, 0.5) is 11.6 Å². The Morgan fingerprint density at radius 3 is 2.67 bits per heavy atom. The Morgan fingerprint density at radius 2 is 1.88 bits per heavy atom. The van der Waals surface area contributed by atoms with Crippen molar-refractivity contribution in [1.29, 1.82) is 0 Å². The number of anilines is 2. The molecule has 3 aromatic heterocycles. The van der Waals surface area contributed by atoms with Crippen LogP contribution in [0.25, 0.3) is 11.2 Å². The molecule has 0 amide bonds. The average Bonchev–Trinajstić information content (AvgIpc) is 2.95. The highest BCUT2D eigenvalue weighted by Gasteiger charge is 2.11. The maximum atomic E-state index is 4.64. The molecule has 1 saturated heterocycles. The summed E-state index contributed by atoms with van der Waals surface area (Å²) in [6.07, 6.45) is 10.3. The maximum absolute atomic E-state index is 4.64. The Morgan fingerprint density at radius 1 is 1.00 bits per heavy atom. The van der Waals surface area contributed by atoms with Crippen LogP contribution in [0.3, 0.4) is 0 Å². The normalized spacial score (nSPS) is 15.4. The number of hydrogen-bond acceptors (Lipinski definition) is 6. The molecule has 0 aromatic carbocycles. The van der Waals surface area contributed by atoms with E-state index in [1.807, 2.05) is 6.20 Å². The molecule has 7 nitrogen and oxygen atoms in total. The summed E-state index contributed by atoms with van der Waals surface area (Å²) in [5.74, 6) is 1.84. The second kappa shape index (κ2) is 6.82. The lowest BCUT2D eigenvalue weighted by Gasteiger charge is -2.21. The molecule has 7 heteroatoms. The van der Waals surface area contributed by atoms with Crippen molar-refractivity contribution in [2.75, 3.05) is 23.3 Å². The van der Waals surface area contributed by atoms with Crippen LogP contribution in [0.5, 0.6) is 0 Å². The van der Waals surface area contributed by atoms with Crippen LogP contribution in [0.2, 0.25) is 0 Å². The van der Waals surface area contributed by atoms with Crippen LogP contribution < -0.4 is 10.2 Å². The molecule has 4 heterocycles. The van der Waals surface area contributed by atoms with Crippen molar-refractivity contribution in [3.8, 4) is 0 Å². The Bertz CT molecular complexity index is 788. The summed E-state index contributed by atoms with van der Waals surface area (Å²) in [7, 11) is 0. The minimum Gasteiger partial charge on any atom is -0.364 e. The predicted molar refractivity (Wildman–Crippen MR) is 93.9 cm³/mol. The lowest BCUT2D eigenvalue weighted by atomic mass is 10.2. The summed E-state index contributed by atoms with van der Waals surface area (Å²) >= 11 is 0. The van der Waals surface area contributed by atoms with E-state index in [0.717, 1.165) is 35.8 Å². The van der Waals surface area contributed by atoms with Crippen molar-refractivity contribution in [3.63, 3.8) is 0 Å². The van der Waals surface area contributed by atoms with E-state index < -0.39 is 0 Å². The summed E-state index contributed by atoms with van der Waals surface area (Å²) in [5.41, 5.74) is 2.62. The van der Waals surface area contributed by atoms with Crippen LogP contribution in [-0.4, -0.2) is 38.0 Å². The van der Waals surface area contributed by atoms with Crippen LogP contribution >= 0.6 is 0 Å². The van der Waals surface area contributed by atoms with Crippen molar-refractivity contribution in [1.82, 2.24) is 24.9 Å². The fraction of sp³-hybridized carbons (Fsp3) is 0.412. The fourth-order valence-corrected chi connectivity index (χ4v) is 3.09. The van der Waals surface area contributed by atoms with Crippen LogP contribution in [0.15, 0.2) is 31.0 Å². The van der Waals surface area contributed by atoms with Gasteiger partial charge >= 0.3 is 0 Å². The van der Waals surface area contributed by atoms with Crippen molar-refractivity contribution in [2.24, 2.45) is 0 Å². The molecule has 0 radical (unpaired) electrons. The molecule has 3 aromatic rings. The number of aromatic nitrogens is 5. The molecule has 1 aliphatic rings. The monoisotopic (exact) mass is 323 g/mol. The molecule has 0 aliphatic carbocycles. The third kappa shape index (κ3) is 3.15. The number of fused-ring (bicyclic) bond motifs is 1. The first-order chi connectivity index (χ1) is 11.9. The summed E-state index contributed by atoms with van der Waals surface area (Å²) in [6.45, 7) is 2.89. The zero-order chi connectivity index (χ0) is 16.2. The smallest absolute Gasteiger partial charge is 0.182 e. The number of imidazole rings is 1. The second-order valence-electron chi connectivity index (χ2n) is 6.10. The molecule has 0 saturated carbocycles. The molecule has 0 spiro atoms. The molecule has 24 heavy (non-hydrogen) atoms. The maximum Gasteiger partial charge on any atom is 0.182 e. The number of rotatable bonds is 4.